The van der Waals surface area contributed by atoms with Crippen LogP contribution in [0, 0.1) is 0 Å². The average molecular weight is 489 g/mol. The van der Waals surface area contributed by atoms with Crippen molar-refractivity contribution >= 4 is 12.3 Å². The van der Waals surface area contributed by atoms with E-state index in [0.29, 0.717) is 41.4 Å². The minimum absolute atomic E-state index is 0.115. The minimum atomic E-state index is -0.481. The average Bonchev–Trinajstić information content (AvgIpc) is 2.86. The number of esters is 1. The fraction of sp³-hybridized carbons (Fsp3) is 0.333. The standard InChI is InChI=1S/C30H32O6/c1-30(2,3)27-20-24(32)12-17-28(27)36-29(33)23-10-15-26(16-11-23)35-19-7-5-4-6-18-34-25-13-8-22(21-31)9-14-25/h8-17,20H,4-7,18-19H2,1-3H3. The van der Waals surface area contributed by atoms with Crippen LogP contribution in [0.2, 0.25) is 0 Å². The monoisotopic (exact) mass is 488 g/mol. The van der Waals surface area contributed by atoms with E-state index in [2.05, 4.69) is 0 Å². The van der Waals surface area contributed by atoms with E-state index in [1.807, 2.05) is 27.1 Å². The van der Waals surface area contributed by atoms with Crippen LogP contribution < -0.4 is 14.2 Å². The van der Waals surface area contributed by atoms with Crippen molar-refractivity contribution in [2.45, 2.75) is 51.9 Å². The summed E-state index contributed by atoms with van der Waals surface area (Å²) in [7, 11) is 0. The van der Waals surface area contributed by atoms with Gasteiger partial charge in [0.25, 0.3) is 0 Å². The Morgan fingerprint density at radius 1 is 0.778 bits per heavy atom. The third kappa shape index (κ3) is 8.15. The molecule has 0 N–H and O–H groups in total. The van der Waals surface area contributed by atoms with Crippen molar-refractivity contribution in [2.75, 3.05) is 13.2 Å². The number of rotatable bonds is 12. The van der Waals surface area contributed by atoms with Gasteiger partial charge in [0.15, 0.2) is 5.75 Å². The van der Waals surface area contributed by atoms with Gasteiger partial charge in [-0.2, -0.15) is 0 Å². The maximum absolute atomic E-state index is 12.6. The first-order chi connectivity index (χ1) is 17.3. The Balaban J connectivity index is 1.36. The molecule has 36 heavy (non-hydrogen) atoms. The van der Waals surface area contributed by atoms with Gasteiger partial charge in [0.1, 0.15) is 17.2 Å². The van der Waals surface area contributed by atoms with Gasteiger partial charge in [-0.25, -0.2) is 4.79 Å². The van der Waals surface area contributed by atoms with E-state index in [0.717, 1.165) is 31.4 Å². The van der Waals surface area contributed by atoms with Crippen molar-refractivity contribution in [3.8, 4) is 23.0 Å². The zero-order valence-electron chi connectivity index (χ0n) is 21.0. The van der Waals surface area contributed by atoms with Gasteiger partial charge in [0.05, 0.1) is 18.8 Å². The number of hydrogen-bond acceptors (Lipinski definition) is 5. The molecule has 0 unspecified atom stereocenters. The Bertz CT molecular complexity index is 1130. The Kier molecular flexibility index (Phi) is 9.51. The van der Waals surface area contributed by atoms with E-state index >= 15 is 0 Å². The van der Waals surface area contributed by atoms with E-state index in [1.165, 1.54) is 12.1 Å². The minimum Gasteiger partial charge on any atom is -0.494 e. The van der Waals surface area contributed by atoms with Crippen LogP contribution in [0.15, 0.2) is 66.7 Å². The molecule has 0 amide bonds. The number of ether oxygens (including phenoxy) is 3. The molecule has 0 aliphatic rings. The number of unbranched alkanes of at least 4 members (excludes halogenated alkanes) is 3. The van der Waals surface area contributed by atoms with Gasteiger partial charge in [0, 0.05) is 11.1 Å². The van der Waals surface area contributed by atoms with Crippen LogP contribution in [0.4, 0.5) is 0 Å². The van der Waals surface area contributed by atoms with Gasteiger partial charge >= 0.3 is 5.97 Å². The first-order valence-electron chi connectivity index (χ1n) is 12.1. The molecular weight excluding hydrogens is 456 g/mol. The highest BCUT2D eigenvalue weighted by atomic mass is 16.5. The van der Waals surface area contributed by atoms with Crippen molar-refractivity contribution in [3.05, 3.63) is 83.4 Å². The van der Waals surface area contributed by atoms with Crippen LogP contribution in [-0.4, -0.2) is 25.5 Å². The van der Waals surface area contributed by atoms with Crippen LogP contribution in [0.25, 0.3) is 0 Å². The van der Waals surface area contributed by atoms with Crippen LogP contribution in [0.1, 0.15) is 67.9 Å². The van der Waals surface area contributed by atoms with E-state index in [9.17, 15) is 14.7 Å². The number of carbonyl (C=O) groups excluding carboxylic acids is 2. The van der Waals surface area contributed by atoms with Gasteiger partial charge in [0.2, 0.25) is 6.29 Å². The first-order valence-corrected chi connectivity index (χ1v) is 12.1. The van der Waals surface area contributed by atoms with Gasteiger partial charge < -0.3 is 14.2 Å². The lowest BCUT2D eigenvalue weighted by Gasteiger charge is -2.22. The molecule has 0 heterocycles. The van der Waals surface area contributed by atoms with Crippen LogP contribution in [0.5, 0.6) is 23.0 Å². The van der Waals surface area contributed by atoms with Crippen molar-refractivity contribution in [1.82, 2.24) is 0 Å². The second kappa shape index (κ2) is 12.8. The second-order valence-electron chi connectivity index (χ2n) is 9.56. The zero-order valence-corrected chi connectivity index (χ0v) is 21.0. The molecule has 0 bridgehead atoms. The lowest BCUT2D eigenvalue weighted by molar-refractivity contribution is 0.0731. The van der Waals surface area contributed by atoms with Crippen LogP contribution >= 0.6 is 0 Å². The maximum Gasteiger partial charge on any atom is 0.343 e. The van der Waals surface area contributed by atoms with Gasteiger partial charge in [-0.15, -0.1) is 0 Å². The smallest absolute Gasteiger partial charge is 0.343 e. The molecule has 188 valence electrons. The summed E-state index contributed by atoms with van der Waals surface area (Å²) in [5, 5.41) is 11.8. The maximum atomic E-state index is 12.6. The van der Waals surface area contributed by atoms with Gasteiger partial charge in [-0.3, -0.25) is 9.90 Å². The van der Waals surface area contributed by atoms with Crippen molar-refractivity contribution in [2.24, 2.45) is 0 Å². The van der Waals surface area contributed by atoms with E-state index < -0.39 is 5.97 Å². The van der Waals surface area contributed by atoms with Crippen LogP contribution in [-0.2, 0) is 15.3 Å². The molecule has 3 aromatic rings. The van der Waals surface area contributed by atoms with E-state index in [4.69, 9.17) is 14.2 Å². The number of benzene rings is 3. The summed E-state index contributed by atoms with van der Waals surface area (Å²) in [5.74, 6) is 1.24. The summed E-state index contributed by atoms with van der Waals surface area (Å²) in [6, 6.07) is 18.2. The molecule has 0 atom stereocenters. The normalized spacial score (nSPS) is 11.1. The second-order valence-corrected chi connectivity index (χ2v) is 9.56. The summed E-state index contributed by atoms with van der Waals surface area (Å²) >= 11 is 0. The Morgan fingerprint density at radius 3 is 1.86 bits per heavy atom. The quantitative estimate of drug-likeness (QED) is 0.159. The molecule has 6 nitrogen and oxygen atoms in total. The van der Waals surface area contributed by atoms with Gasteiger partial charge in [-0.05, 0) is 97.8 Å². The van der Waals surface area contributed by atoms with Crippen molar-refractivity contribution < 1.29 is 28.9 Å². The summed E-state index contributed by atoms with van der Waals surface area (Å²) < 4.78 is 17.0. The Labute approximate surface area is 212 Å². The third-order valence-electron chi connectivity index (χ3n) is 5.60. The molecule has 0 aliphatic heterocycles. The topological polar surface area (TPSA) is 81.7 Å². The molecule has 3 rings (SSSR count). The van der Waals surface area contributed by atoms with E-state index in [-0.39, 0.29) is 11.2 Å². The zero-order chi connectivity index (χ0) is 26.0. The Hall–Kier alpha value is -3.80. The predicted octanol–water partition coefficient (Wildman–Crippen LogP) is 6.82. The molecule has 0 spiro atoms. The molecule has 0 saturated carbocycles. The Morgan fingerprint density at radius 2 is 1.33 bits per heavy atom. The fourth-order valence-corrected chi connectivity index (χ4v) is 3.59. The number of hydrogen-bond donors (Lipinski definition) is 0. The first kappa shape index (κ1) is 26.8. The molecule has 2 radical (unpaired) electrons. The molecule has 0 saturated heterocycles. The molecule has 3 aromatic carbocycles. The molecule has 6 heteroatoms. The highest BCUT2D eigenvalue weighted by Gasteiger charge is 2.22. The van der Waals surface area contributed by atoms with Crippen molar-refractivity contribution in [3.63, 3.8) is 0 Å². The fourth-order valence-electron chi connectivity index (χ4n) is 3.59. The lowest BCUT2D eigenvalue weighted by Crippen LogP contribution is -2.16. The lowest BCUT2D eigenvalue weighted by atomic mass is 9.86. The summed E-state index contributed by atoms with van der Waals surface area (Å²) in [5.41, 5.74) is 1.29. The predicted molar refractivity (Wildman–Crippen MR) is 137 cm³/mol. The third-order valence-corrected chi connectivity index (χ3v) is 5.60. The van der Waals surface area contributed by atoms with Crippen LogP contribution in [0.3, 0.4) is 0 Å². The summed E-state index contributed by atoms with van der Waals surface area (Å²) in [4.78, 5) is 23.2. The largest absolute Gasteiger partial charge is 0.494 e. The number of carbonyl (C=O) groups is 1. The highest BCUT2D eigenvalue weighted by molar-refractivity contribution is 5.91. The molecule has 0 fully saturated rings. The molecule has 0 aromatic heterocycles. The van der Waals surface area contributed by atoms with Crippen molar-refractivity contribution in [1.29, 1.82) is 0 Å². The highest BCUT2D eigenvalue weighted by Crippen LogP contribution is 2.34. The molecule has 0 aliphatic carbocycles. The summed E-state index contributed by atoms with van der Waals surface area (Å²) in [6.07, 6.45) is 5.74. The van der Waals surface area contributed by atoms with Gasteiger partial charge in [-0.1, -0.05) is 20.8 Å². The SMILES string of the molecule is CC(C)(C)c1cc([O])ccc1OC(=O)c1ccc(OCCCCCCOc2ccc([C]=O)cc2)cc1. The molecular formula is C30H32O6. The summed E-state index contributed by atoms with van der Waals surface area (Å²) in [6.45, 7) is 7.11. The van der Waals surface area contributed by atoms with E-state index in [1.54, 1.807) is 54.6 Å².